The summed E-state index contributed by atoms with van der Waals surface area (Å²) in [5.41, 5.74) is 1.70. The molecule has 0 bridgehead atoms. The van der Waals surface area contributed by atoms with Crippen molar-refractivity contribution >= 4 is 5.97 Å². The molecular weight excluding hydrogens is 450 g/mol. The minimum atomic E-state index is -1.53. The Bertz CT molecular complexity index is 915. The Kier molecular flexibility index (Phi) is 10.9. The zero-order chi connectivity index (χ0) is 25.0. The average Bonchev–Trinajstić information content (AvgIpc) is 2.88. The quantitative estimate of drug-likeness (QED) is 0.224. The van der Waals surface area contributed by atoms with Crippen molar-refractivity contribution in [1.29, 1.82) is 0 Å². The van der Waals surface area contributed by atoms with Crippen molar-refractivity contribution in [3.63, 3.8) is 0 Å². The molecule has 0 radical (unpaired) electrons. The van der Waals surface area contributed by atoms with Crippen LogP contribution in [0.15, 0.2) is 30.6 Å². The number of halogens is 2. The van der Waals surface area contributed by atoms with Gasteiger partial charge in [0.15, 0.2) is 23.6 Å². The summed E-state index contributed by atoms with van der Waals surface area (Å²) in [6.07, 6.45) is 11.0. The van der Waals surface area contributed by atoms with Gasteiger partial charge < -0.3 is 9.47 Å². The molecule has 0 unspecified atom stereocenters. The fourth-order valence-corrected chi connectivity index (χ4v) is 4.33. The highest BCUT2D eigenvalue weighted by Gasteiger charge is 2.27. The number of alkyl halides is 1. The average molecular weight is 489 g/mol. The predicted octanol–water partition coefficient (Wildman–Crippen LogP) is 7.02. The Balaban J connectivity index is 1.43. The van der Waals surface area contributed by atoms with Crippen LogP contribution in [0, 0.1) is 11.7 Å². The molecule has 1 atom stereocenters. The normalized spacial score (nSPS) is 18.7. The molecule has 0 amide bonds. The van der Waals surface area contributed by atoms with Crippen LogP contribution in [-0.4, -0.2) is 34.8 Å². The van der Waals surface area contributed by atoms with Crippen molar-refractivity contribution in [2.24, 2.45) is 5.92 Å². The molecule has 0 saturated heterocycles. The van der Waals surface area contributed by atoms with Gasteiger partial charge in [0.1, 0.15) is 6.10 Å². The Morgan fingerprint density at radius 3 is 2.43 bits per heavy atom. The lowest BCUT2D eigenvalue weighted by Gasteiger charge is -2.28. The van der Waals surface area contributed by atoms with Crippen LogP contribution in [0.4, 0.5) is 8.78 Å². The van der Waals surface area contributed by atoms with E-state index in [0.29, 0.717) is 37.3 Å². The van der Waals surface area contributed by atoms with E-state index in [0.717, 1.165) is 37.7 Å². The van der Waals surface area contributed by atoms with Crippen LogP contribution in [0.5, 0.6) is 5.75 Å². The fourth-order valence-electron chi connectivity index (χ4n) is 4.33. The van der Waals surface area contributed by atoms with Gasteiger partial charge in [0.25, 0.3) is 0 Å². The van der Waals surface area contributed by atoms with Gasteiger partial charge in [-0.3, -0.25) is 0 Å². The molecule has 1 aromatic heterocycles. The third-order valence-corrected chi connectivity index (χ3v) is 6.58. The number of aryl methyl sites for hydroxylation is 1. The van der Waals surface area contributed by atoms with Crippen LogP contribution in [0.2, 0.25) is 0 Å². The molecule has 1 aliphatic rings. The summed E-state index contributed by atoms with van der Waals surface area (Å²) in [7, 11) is 0. The first-order chi connectivity index (χ1) is 17.0. The summed E-state index contributed by atoms with van der Waals surface area (Å²) in [5, 5.41) is 0. The minimum absolute atomic E-state index is 0.203. The van der Waals surface area contributed by atoms with Gasteiger partial charge >= 0.3 is 5.97 Å². The number of rotatable bonds is 13. The second-order valence-electron chi connectivity index (χ2n) is 9.52. The van der Waals surface area contributed by atoms with Crippen molar-refractivity contribution in [3.8, 4) is 17.1 Å². The van der Waals surface area contributed by atoms with E-state index in [1.807, 2.05) is 19.3 Å². The highest BCUT2D eigenvalue weighted by Crippen LogP contribution is 2.29. The minimum Gasteiger partial charge on any atom is -0.490 e. The van der Waals surface area contributed by atoms with Gasteiger partial charge in [-0.2, -0.15) is 0 Å². The lowest BCUT2D eigenvalue weighted by atomic mass is 9.88. The third kappa shape index (κ3) is 8.55. The fraction of sp³-hybridized carbons (Fsp3) is 0.607. The van der Waals surface area contributed by atoms with Gasteiger partial charge in [-0.05, 0) is 74.6 Å². The Labute approximate surface area is 207 Å². The van der Waals surface area contributed by atoms with Gasteiger partial charge in [0.05, 0.1) is 6.61 Å². The highest BCUT2D eigenvalue weighted by atomic mass is 19.1. The van der Waals surface area contributed by atoms with Gasteiger partial charge in [-0.1, -0.05) is 39.5 Å². The number of benzene rings is 1. The molecule has 1 saturated carbocycles. The number of carbonyl (C=O) groups excluding carboxylic acids is 1. The highest BCUT2D eigenvalue weighted by molar-refractivity contribution is 5.74. The van der Waals surface area contributed by atoms with Crippen LogP contribution < -0.4 is 4.74 Å². The Hall–Kier alpha value is -2.57. The summed E-state index contributed by atoms with van der Waals surface area (Å²) < 4.78 is 39.6. The van der Waals surface area contributed by atoms with E-state index in [-0.39, 0.29) is 24.2 Å². The number of aromatic nitrogens is 2. The summed E-state index contributed by atoms with van der Waals surface area (Å²) in [6.45, 7) is 4.52. The van der Waals surface area contributed by atoms with E-state index in [4.69, 9.17) is 9.47 Å². The monoisotopic (exact) mass is 488 g/mol. The van der Waals surface area contributed by atoms with Crippen LogP contribution in [0.3, 0.4) is 0 Å². The molecule has 5 nitrogen and oxygen atoms in total. The van der Waals surface area contributed by atoms with Crippen LogP contribution in [0.1, 0.15) is 83.6 Å². The Morgan fingerprint density at radius 2 is 1.77 bits per heavy atom. The molecule has 1 aliphatic carbocycles. The molecule has 1 aromatic carbocycles. The number of hydrogen-bond acceptors (Lipinski definition) is 5. The maximum Gasteiger partial charge on any atom is 0.340 e. The van der Waals surface area contributed by atoms with E-state index in [1.54, 1.807) is 12.1 Å². The summed E-state index contributed by atoms with van der Waals surface area (Å²) in [6, 6.07) is 4.80. The number of ether oxygens (including phenoxy) is 2. The molecule has 0 aliphatic heterocycles. The lowest BCUT2D eigenvalue weighted by Crippen LogP contribution is -2.30. The zero-order valence-electron chi connectivity index (χ0n) is 21.0. The first-order valence-electron chi connectivity index (χ1n) is 13.1. The van der Waals surface area contributed by atoms with Crippen molar-refractivity contribution in [2.45, 2.75) is 96.8 Å². The number of unbranched alkanes of at least 4 members (excludes halogenated alkanes) is 3. The first kappa shape index (κ1) is 27.0. The Morgan fingerprint density at radius 1 is 1.06 bits per heavy atom. The zero-order valence-corrected chi connectivity index (χ0v) is 21.0. The van der Waals surface area contributed by atoms with Gasteiger partial charge in [-0.15, -0.1) is 0 Å². The van der Waals surface area contributed by atoms with Gasteiger partial charge in [0.2, 0.25) is 0 Å². The smallest absolute Gasteiger partial charge is 0.340 e. The van der Waals surface area contributed by atoms with E-state index in [1.165, 1.54) is 18.9 Å². The number of hydrogen-bond donors (Lipinski definition) is 0. The molecule has 1 heterocycles. The van der Waals surface area contributed by atoms with Crippen LogP contribution in [-0.2, 0) is 16.0 Å². The molecule has 7 heteroatoms. The lowest BCUT2D eigenvalue weighted by molar-refractivity contribution is -0.157. The summed E-state index contributed by atoms with van der Waals surface area (Å²) >= 11 is 0. The molecule has 0 spiro atoms. The second-order valence-corrected chi connectivity index (χ2v) is 9.52. The topological polar surface area (TPSA) is 61.3 Å². The van der Waals surface area contributed by atoms with Crippen molar-refractivity contribution in [1.82, 2.24) is 9.97 Å². The number of carbonyl (C=O) groups is 1. The second kappa shape index (κ2) is 14.1. The molecule has 35 heavy (non-hydrogen) atoms. The number of esters is 1. The predicted molar refractivity (Wildman–Crippen MR) is 132 cm³/mol. The third-order valence-electron chi connectivity index (χ3n) is 6.58. The summed E-state index contributed by atoms with van der Waals surface area (Å²) in [4.78, 5) is 20.7. The first-order valence-corrected chi connectivity index (χ1v) is 13.1. The van der Waals surface area contributed by atoms with Crippen molar-refractivity contribution in [3.05, 3.63) is 42.0 Å². The van der Waals surface area contributed by atoms with E-state index < -0.39 is 18.0 Å². The molecule has 192 valence electrons. The number of nitrogens with zero attached hydrogens (tertiary/aromatic N) is 2. The SMILES string of the molecule is CCCCCc1cnc(-c2ccc(OCC3CCC(OC(=O)[C@@H](F)CCCC)CC3)c(F)c2)nc1. The van der Waals surface area contributed by atoms with Gasteiger partial charge in [-0.25, -0.2) is 23.5 Å². The van der Waals surface area contributed by atoms with Crippen LogP contribution >= 0.6 is 0 Å². The maximum atomic E-state index is 14.7. The molecule has 3 rings (SSSR count). The standard InChI is InChI=1S/C28H38F2N2O3/c1-3-5-7-8-21-17-31-27(32-18-21)22-12-15-26(25(30)16-22)34-19-20-10-13-23(14-11-20)35-28(33)24(29)9-6-4-2/h12,15-18,20,23-24H,3-11,13-14,19H2,1-2H3/t20?,23?,24-/m0/s1. The van der Waals surface area contributed by atoms with E-state index in [9.17, 15) is 13.6 Å². The van der Waals surface area contributed by atoms with E-state index >= 15 is 0 Å². The molecule has 1 fully saturated rings. The van der Waals surface area contributed by atoms with Crippen molar-refractivity contribution < 1.29 is 23.0 Å². The van der Waals surface area contributed by atoms with Crippen LogP contribution in [0.25, 0.3) is 11.4 Å². The summed E-state index contributed by atoms with van der Waals surface area (Å²) in [5.74, 6) is -0.242. The largest absolute Gasteiger partial charge is 0.490 e. The maximum absolute atomic E-state index is 14.7. The molecular formula is C28H38F2N2O3. The molecule has 0 N–H and O–H groups in total. The molecule has 2 aromatic rings. The van der Waals surface area contributed by atoms with Gasteiger partial charge in [0, 0.05) is 18.0 Å². The van der Waals surface area contributed by atoms with E-state index in [2.05, 4.69) is 16.9 Å². The van der Waals surface area contributed by atoms with Crippen molar-refractivity contribution in [2.75, 3.05) is 6.61 Å².